The average molecular weight is 284 g/mol. The molecule has 5 nitrogen and oxygen atoms in total. The summed E-state index contributed by atoms with van der Waals surface area (Å²) in [5, 5.41) is 4.75. The third-order valence-electron chi connectivity index (χ3n) is 2.97. The molecule has 0 aromatic carbocycles. The SMILES string of the molecule is CCc1ccc(C(N)c2c(Cl)cnn2CCOC)o1. The van der Waals surface area contributed by atoms with Crippen LogP contribution in [-0.4, -0.2) is 23.5 Å². The second-order valence-corrected chi connectivity index (χ2v) is 4.64. The van der Waals surface area contributed by atoms with E-state index < -0.39 is 6.04 Å². The zero-order chi connectivity index (χ0) is 13.8. The fourth-order valence-electron chi connectivity index (χ4n) is 1.92. The first-order valence-corrected chi connectivity index (χ1v) is 6.59. The van der Waals surface area contributed by atoms with Crippen molar-refractivity contribution in [2.24, 2.45) is 5.73 Å². The van der Waals surface area contributed by atoms with Crippen molar-refractivity contribution in [3.05, 3.63) is 40.6 Å². The van der Waals surface area contributed by atoms with Gasteiger partial charge in [0.2, 0.25) is 0 Å². The number of ether oxygens (including phenoxy) is 1. The minimum absolute atomic E-state index is 0.424. The van der Waals surface area contributed by atoms with Crippen LogP contribution in [0.25, 0.3) is 0 Å². The molecule has 2 aromatic heterocycles. The van der Waals surface area contributed by atoms with Crippen LogP contribution >= 0.6 is 11.6 Å². The number of nitrogens with zero attached hydrogens (tertiary/aromatic N) is 2. The summed E-state index contributed by atoms with van der Waals surface area (Å²) in [5.74, 6) is 1.60. The molecule has 0 aliphatic heterocycles. The second-order valence-electron chi connectivity index (χ2n) is 4.23. The Balaban J connectivity index is 2.26. The lowest BCUT2D eigenvalue weighted by atomic mass is 10.1. The fraction of sp³-hybridized carbons (Fsp3) is 0.462. The molecular formula is C13H18ClN3O2. The number of hydrogen-bond acceptors (Lipinski definition) is 4. The van der Waals surface area contributed by atoms with Gasteiger partial charge >= 0.3 is 0 Å². The van der Waals surface area contributed by atoms with E-state index >= 15 is 0 Å². The van der Waals surface area contributed by atoms with Gasteiger partial charge in [-0.2, -0.15) is 5.10 Å². The Labute approximate surface area is 117 Å². The number of rotatable bonds is 6. The summed E-state index contributed by atoms with van der Waals surface area (Å²) in [7, 11) is 1.64. The van der Waals surface area contributed by atoms with Crippen LogP contribution in [0.4, 0.5) is 0 Å². The number of nitrogens with two attached hydrogens (primary N) is 1. The van der Waals surface area contributed by atoms with E-state index in [9.17, 15) is 0 Å². The quantitative estimate of drug-likeness (QED) is 0.884. The molecule has 0 saturated carbocycles. The van der Waals surface area contributed by atoms with Crippen LogP contribution in [0.2, 0.25) is 5.02 Å². The minimum Gasteiger partial charge on any atom is -0.464 e. The summed E-state index contributed by atoms with van der Waals surface area (Å²) in [6.45, 7) is 3.19. The van der Waals surface area contributed by atoms with Gasteiger partial charge in [0.15, 0.2) is 0 Å². The third kappa shape index (κ3) is 3.00. The van der Waals surface area contributed by atoms with Crippen molar-refractivity contribution >= 4 is 11.6 Å². The summed E-state index contributed by atoms with van der Waals surface area (Å²) in [4.78, 5) is 0. The van der Waals surface area contributed by atoms with E-state index in [-0.39, 0.29) is 0 Å². The predicted molar refractivity (Wildman–Crippen MR) is 73.2 cm³/mol. The average Bonchev–Trinajstić information content (AvgIpc) is 3.02. The van der Waals surface area contributed by atoms with Gasteiger partial charge in [0.1, 0.15) is 17.6 Å². The number of methoxy groups -OCH3 is 1. The van der Waals surface area contributed by atoms with E-state index in [4.69, 9.17) is 26.5 Å². The maximum atomic E-state index is 6.22. The predicted octanol–water partition coefficient (Wildman–Crippen LogP) is 2.39. The zero-order valence-corrected chi connectivity index (χ0v) is 11.9. The molecule has 2 N–H and O–H groups in total. The molecule has 2 heterocycles. The number of aromatic nitrogens is 2. The summed E-state index contributed by atoms with van der Waals surface area (Å²) in [6, 6.07) is 3.39. The van der Waals surface area contributed by atoms with Gasteiger partial charge in [-0.15, -0.1) is 0 Å². The molecule has 0 bridgehead atoms. The molecule has 0 aliphatic carbocycles. The largest absolute Gasteiger partial charge is 0.464 e. The third-order valence-corrected chi connectivity index (χ3v) is 3.26. The number of aryl methyl sites for hydroxylation is 1. The van der Waals surface area contributed by atoms with Gasteiger partial charge in [0.25, 0.3) is 0 Å². The standard InChI is InChI=1S/C13H18ClN3O2/c1-3-9-4-5-11(19-9)12(15)13-10(14)8-16-17(13)6-7-18-2/h4-5,8,12H,3,6-7,15H2,1-2H3. The van der Waals surface area contributed by atoms with Gasteiger partial charge < -0.3 is 14.9 Å². The van der Waals surface area contributed by atoms with Gasteiger partial charge in [-0.3, -0.25) is 4.68 Å². The summed E-state index contributed by atoms with van der Waals surface area (Å²) < 4.78 is 12.5. The van der Waals surface area contributed by atoms with Crippen molar-refractivity contribution in [1.29, 1.82) is 0 Å². The van der Waals surface area contributed by atoms with Crippen LogP contribution in [0, 0.1) is 0 Å². The van der Waals surface area contributed by atoms with Crippen LogP contribution < -0.4 is 5.73 Å². The van der Waals surface area contributed by atoms with Gasteiger partial charge in [-0.25, -0.2) is 0 Å². The van der Waals surface area contributed by atoms with E-state index in [2.05, 4.69) is 5.10 Å². The Morgan fingerprint density at radius 2 is 2.32 bits per heavy atom. The molecule has 0 saturated heterocycles. The molecule has 2 rings (SSSR count). The van der Waals surface area contributed by atoms with Crippen molar-refractivity contribution in [2.45, 2.75) is 25.9 Å². The first kappa shape index (κ1) is 14.1. The molecule has 1 unspecified atom stereocenters. The summed E-state index contributed by atoms with van der Waals surface area (Å²) in [5.41, 5.74) is 6.97. The normalized spacial score (nSPS) is 12.8. The van der Waals surface area contributed by atoms with E-state index in [1.54, 1.807) is 18.0 Å². The van der Waals surface area contributed by atoms with Crippen LogP contribution in [0.5, 0.6) is 0 Å². The highest BCUT2D eigenvalue weighted by molar-refractivity contribution is 6.31. The number of halogens is 1. The Hall–Kier alpha value is -1.30. The summed E-state index contributed by atoms with van der Waals surface area (Å²) in [6.07, 6.45) is 2.43. The molecule has 1 atom stereocenters. The van der Waals surface area contributed by atoms with Gasteiger partial charge in [0.05, 0.1) is 30.1 Å². The number of hydrogen-bond donors (Lipinski definition) is 1. The lowest BCUT2D eigenvalue weighted by molar-refractivity contribution is 0.182. The molecule has 0 fully saturated rings. The van der Waals surface area contributed by atoms with Gasteiger partial charge in [0, 0.05) is 13.5 Å². The second kappa shape index (κ2) is 6.23. The highest BCUT2D eigenvalue weighted by Crippen LogP contribution is 2.27. The molecule has 0 spiro atoms. The maximum absolute atomic E-state index is 6.22. The highest BCUT2D eigenvalue weighted by Gasteiger charge is 2.21. The molecule has 19 heavy (non-hydrogen) atoms. The highest BCUT2D eigenvalue weighted by atomic mass is 35.5. The van der Waals surface area contributed by atoms with Crippen molar-refractivity contribution in [1.82, 2.24) is 9.78 Å². The molecule has 0 amide bonds. The number of furan rings is 1. The molecule has 0 aliphatic rings. The first-order valence-electron chi connectivity index (χ1n) is 6.21. The first-order chi connectivity index (χ1) is 9.17. The van der Waals surface area contributed by atoms with Crippen LogP contribution in [-0.2, 0) is 17.7 Å². The Bertz CT molecular complexity index is 536. The van der Waals surface area contributed by atoms with Crippen LogP contribution in [0.1, 0.15) is 30.2 Å². The van der Waals surface area contributed by atoms with Crippen molar-refractivity contribution in [3.63, 3.8) is 0 Å². The smallest absolute Gasteiger partial charge is 0.127 e. The lowest BCUT2D eigenvalue weighted by Crippen LogP contribution is -2.19. The van der Waals surface area contributed by atoms with Crippen LogP contribution in [0.3, 0.4) is 0 Å². The van der Waals surface area contributed by atoms with Crippen molar-refractivity contribution in [2.75, 3.05) is 13.7 Å². The molecule has 104 valence electrons. The fourth-order valence-corrected chi connectivity index (χ4v) is 2.18. The lowest BCUT2D eigenvalue weighted by Gasteiger charge is -2.13. The molecule has 6 heteroatoms. The van der Waals surface area contributed by atoms with Crippen molar-refractivity contribution < 1.29 is 9.15 Å². The molecule has 0 radical (unpaired) electrons. The monoisotopic (exact) mass is 283 g/mol. The molecular weight excluding hydrogens is 266 g/mol. The Morgan fingerprint density at radius 1 is 1.53 bits per heavy atom. The topological polar surface area (TPSA) is 66.2 Å². The van der Waals surface area contributed by atoms with E-state index in [1.807, 2.05) is 19.1 Å². The van der Waals surface area contributed by atoms with Gasteiger partial charge in [-0.1, -0.05) is 18.5 Å². The van der Waals surface area contributed by atoms with E-state index in [0.29, 0.717) is 23.9 Å². The van der Waals surface area contributed by atoms with Crippen molar-refractivity contribution in [3.8, 4) is 0 Å². The molecule has 2 aromatic rings. The summed E-state index contributed by atoms with van der Waals surface area (Å²) >= 11 is 6.16. The minimum atomic E-state index is -0.424. The Kier molecular flexibility index (Phi) is 4.63. The van der Waals surface area contributed by atoms with E-state index in [0.717, 1.165) is 17.9 Å². The van der Waals surface area contributed by atoms with E-state index in [1.165, 1.54) is 0 Å². The van der Waals surface area contributed by atoms with Gasteiger partial charge in [-0.05, 0) is 12.1 Å². The zero-order valence-electron chi connectivity index (χ0n) is 11.1. The maximum Gasteiger partial charge on any atom is 0.127 e. The van der Waals surface area contributed by atoms with Crippen LogP contribution in [0.15, 0.2) is 22.7 Å². The Morgan fingerprint density at radius 3 is 2.95 bits per heavy atom.